The Morgan fingerprint density at radius 2 is 1.70 bits per heavy atom. The van der Waals surface area contributed by atoms with E-state index in [1.165, 1.54) is 43.5 Å². The van der Waals surface area contributed by atoms with Crippen LogP contribution in [0.3, 0.4) is 0 Å². The molecule has 1 saturated heterocycles. The minimum Gasteiger partial charge on any atom is -0.508 e. The number of aromatic hydroxyl groups is 2. The van der Waals surface area contributed by atoms with Gasteiger partial charge in [-0.3, -0.25) is 4.79 Å². The van der Waals surface area contributed by atoms with Gasteiger partial charge in [-0.2, -0.15) is 0 Å². The molecule has 11 nitrogen and oxygen atoms in total. The Kier molecular flexibility index (Phi) is 6.15. The van der Waals surface area contributed by atoms with E-state index in [4.69, 9.17) is 18.6 Å². The van der Waals surface area contributed by atoms with Crippen LogP contribution < -0.4 is 14.9 Å². The van der Waals surface area contributed by atoms with Crippen LogP contribution in [-0.4, -0.2) is 75.1 Å². The molecular formula is C22H22O11. The Bertz CT molecular complexity index is 1200. The molecule has 1 aliphatic rings. The molecule has 2 unspecified atom stereocenters. The molecule has 1 fully saturated rings. The molecule has 0 spiro atoms. The van der Waals surface area contributed by atoms with Crippen molar-refractivity contribution in [3.63, 3.8) is 0 Å². The lowest BCUT2D eigenvalue weighted by atomic mass is 9.99. The number of benzene rings is 2. The highest BCUT2D eigenvalue weighted by Crippen LogP contribution is 2.43. The minimum absolute atomic E-state index is 0.0273. The molecule has 0 bridgehead atoms. The van der Waals surface area contributed by atoms with E-state index in [9.17, 15) is 35.4 Å². The summed E-state index contributed by atoms with van der Waals surface area (Å²) in [5.41, 5.74) is -0.170. The highest BCUT2D eigenvalue weighted by Gasteiger charge is 2.45. The van der Waals surface area contributed by atoms with E-state index in [1.54, 1.807) is 0 Å². The summed E-state index contributed by atoms with van der Waals surface area (Å²) in [6, 6.07) is 8.31. The predicted molar refractivity (Wildman–Crippen MR) is 112 cm³/mol. The van der Waals surface area contributed by atoms with Crippen molar-refractivity contribution < 1.29 is 49.3 Å². The summed E-state index contributed by atoms with van der Waals surface area (Å²) in [6.07, 6.45) is -7.74. The lowest BCUT2D eigenvalue weighted by Crippen LogP contribution is -2.60. The van der Waals surface area contributed by atoms with E-state index >= 15 is 0 Å². The van der Waals surface area contributed by atoms with E-state index < -0.39 is 48.5 Å². The zero-order valence-electron chi connectivity index (χ0n) is 17.3. The van der Waals surface area contributed by atoms with Crippen molar-refractivity contribution in [3.8, 4) is 34.3 Å². The van der Waals surface area contributed by atoms with Gasteiger partial charge in [0.2, 0.25) is 12.0 Å². The van der Waals surface area contributed by atoms with E-state index in [2.05, 4.69) is 0 Å². The number of fused-ring (bicyclic) bond motifs is 1. The number of hydrogen-bond acceptors (Lipinski definition) is 11. The van der Waals surface area contributed by atoms with Gasteiger partial charge in [-0.15, -0.1) is 0 Å². The third-order valence-electron chi connectivity index (χ3n) is 5.36. The molecule has 176 valence electrons. The molecule has 2 heterocycles. The van der Waals surface area contributed by atoms with Crippen molar-refractivity contribution in [2.24, 2.45) is 0 Å². The van der Waals surface area contributed by atoms with E-state index in [-0.39, 0.29) is 34.0 Å². The van der Waals surface area contributed by atoms with Gasteiger partial charge in [0, 0.05) is 17.7 Å². The molecular weight excluding hydrogens is 440 g/mol. The van der Waals surface area contributed by atoms with E-state index in [0.29, 0.717) is 5.56 Å². The summed E-state index contributed by atoms with van der Waals surface area (Å²) < 4.78 is 21.9. The molecule has 0 aliphatic carbocycles. The first-order valence-electron chi connectivity index (χ1n) is 9.89. The minimum atomic E-state index is -1.71. The fourth-order valence-corrected chi connectivity index (χ4v) is 3.60. The van der Waals surface area contributed by atoms with Crippen LogP contribution in [-0.2, 0) is 4.74 Å². The normalized spacial score (nSPS) is 25.2. The summed E-state index contributed by atoms with van der Waals surface area (Å²) in [6.45, 7) is -0.657. The molecule has 6 N–H and O–H groups in total. The Morgan fingerprint density at radius 3 is 2.33 bits per heavy atom. The van der Waals surface area contributed by atoms with Gasteiger partial charge in [0.05, 0.1) is 13.7 Å². The predicted octanol–water partition coefficient (Wildman–Crippen LogP) is 0.0585. The average Bonchev–Trinajstić information content (AvgIpc) is 2.79. The summed E-state index contributed by atoms with van der Waals surface area (Å²) in [7, 11) is 1.22. The molecule has 4 rings (SSSR count). The van der Waals surface area contributed by atoms with Crippen molar-refractivity contribution in [1.29, 1.82) is 0 Å². The topological polar surface area (TPSA) is 179 Å². The summed E-state index contributed by atoms with van der Waals surface area (Å²) >= 11 is 0. The van der Waals surface area contributed by atoms with Gasteiger partial charge in [-0.05, 0) is 24.3 Å². The number of aliphatic hydroxyl groups is 4. The van der Waals surface area contributed by atoms with Gasteiger partial charge in [-0.25, -0.2) is 0 Å². The lowest BCUT2D eigenvalue weighted by Gasteiger charge is -2.39. The first-order valence-corrected chi connectivity index (χ1v) is 9.89. The molecule has 5 atom stereocenters. The summed E-state index contributed by atoms with van der Waals surface area (Å²) in [5, 5.41) is 59.5. The highest BCUT2D eigenvalue weighted by molar-refractivity contribution is 5.89. The first kappa shape index (κ1) is 22.8. The molecule has 0 amide bonds. The van der Waals surface area contributed by atoms with Crippen LogP contribution in [0.25, 0.3) is 22.3 Å². The van der Waals surface area contributed by atoms with Crippen molar-refractivity contribution in [2.75, 3.05) is 13.7 Å². The number of ether oxygens (including phenoxy) is 3. The molecule has 33 heavy (non-hydrogen) atoms. The summed E-state index contributed by atoms with van der Waals surface area (Å²) in [5.74, 6) is -0.863. The monoisotopic (exact) mass is 462 g/mol. The number of rotatable bonds is 5. The van der Waals surface area contributed by atoms with Crippen molar-refractivity contribution in [3.05, 3.63) is 46.6 Å². The Morgan fingerprint density at radius 1 is 1.00 bits per heavy atom. The van der Waals surface area contributed by atoms with Crippen molar-refractivity contribution in [2.45, 2.75) is 30.7 Å². The number of aliphatic hydroxyl groups excluding tert-OH is 4. The second-order valence-corrected chi connectivity index (χ2v) is 7.47. The fourth-order valence-electron chi connectivity index (χ4n) is 3.60. The van der Waals surface area contributed by atoms with Crippen LogP contribution >= 0.6 is 0 Å². The molecule has 1 aromatic heterocycles. The van der Waals surface area contributed by atoms with Crippen LogP contribution in [0.1, 0.15) is 0 Å². The second kappa shape index (κ2) is 8.89. The van der Waals surface area contributed by atoms with Gasteiger partial charge >= 0.3 is 0 Å². The number of phenolic OH excluding ortho intramolecular Hbond substituents is 2. The maximum absolute atomic E-state index is 12.7. The maximum Gasteiger partial charge on any atom is 0.229 e. The first-order chi connectivity index (χ1) is 15.7. The van der Waals surface area contributed by atoms with Crippen molar-refractivity contribution >= 4 is 11.0 Å². The molecule has 11 heteroatoms. The zero-order valence-corrected chi connectivity index (χ0v) is 17.3. The number of hydrogen-bond donors (Lipinski definition) is 6. The fraction of sp³-hybridized carbons (Fsp3) is 0.318. The van der Waals surface area contributed by atoms with Gasteiger partial charge < -0.3 is 49.3 Å². The van der Waals surface area contributed by atoms with Gasteiger partial charge in [-0.1, -0.05) is 0 Å². The van der Waals surface area contributed by atoms with Crippen LogP contribution in [0.15, 0.2) is 45.6 Å². The Labute approximate surface area is 186 Å². The van der Waals surface area contributed by atoms with Crippen LogP contribution in [0.2, 0.25) is 0 Å². The zero-order chi connectivity index (χ0) is 23.9. The third kappa shape index (κ3) is 4.08. The number of phenols is 2. The Hall–Kier alpha value is -3.35. The SMILES string of the molecule is COc1c(O[C@@H]2OC(CO)[C@@H](O)C(O)[C@@H]2O)cc2oc(-c3ccc(O)cc3)cc(=O)c2c1O. The van der Waals surface area contributed by atoms with Crippen molar-refractivity contribution in [1.82, 2.24) is 0 Å². The molecule has 0 radical (unpaired) electrons. The second-order valence-electron chi connectivity index (χ2n) is 7.47. The Balaban J connectivity index is 1.79. The molecule has 1 aliphatic heterocycles. The van der Waals surface area contributed by atoms with Gasteiger partial charge in [0.15, 0.2) is 16.9 Å². The maximum atomic E-state index is 12.7. The van der Waals surface area contributed by atoms with Crippen LogP contribution in [0.5, 0.6) is 23.0 Å². The van der Waals surface area contributed by atoms with E-state index in [0.717, 1.165) is 0 Å². The van der Waals surface area contributed by atoms with Crippen LogP contribution in [0.4, 0.5) is 0 Å². The molecule has 2 aromatic carbocycles. The largest absolute Gasteiger partial charge is 0.508 e. The molecule has 0 saturated carbocycles. The standard InChI is InChI=1S/C22H22O11/c1-30-21-14(32-22-20(29)19(28)17(26)15(8-23)33-22)7-13-16(18(21)27)11(25)6-12(31-13)9-2-4-10(24)5-3-9/h2-7,15,17,19-20,22-24,26-29H,8H2,1H3/t15?,17-,19?,20+,22-/m1/s1. The highest BCUT2D eigenvalue weighted by atomic mass is 16.7. The number of methoxy groups -OCH3 is 1. The summed E-state index contributed by atoms with van der Waals surface area (Å²) in [4.78, 5) is 12.7. The quantitative estimate of drug-likeness (QED) is 0.302. The third-order valence-corrected chi connectivity index (χ3v) is 5.36. The van der Waals surface area contributed by atoms with Crippen LogP contribution in [0, 0.1) is 0 Å². The average molecular weight is 462 g/mol. The van der Waals surface area contributed by atoms with E-state index in [1.807, 2.05) is 0 Å². The smallest absolute Gasteiger partial charge is 0.229 e. The van der Waals surface area contributed by atoms with Gasteiger partial charge in [0.1, 0.15) is 46.9 Å². The lowest BCUT2D eigenvalue weighted by molar-refractivity contribution is -0.277. The molecule has 3 aromatic rings. The van der Waals surface area contributed by atoms with Gasteiger partial charge in [0.25, 0.3) is 0 Å².